The highest BCUT2D eigenvalue weighted by atomic mass is 16.4. The van der Waals surface area contributed by atoms with Crippen molar-refractivity contribution in [1.29, 1.82) is 0 Å². The second-order valence-electron chi connectivity index (χ2n) is 5.00. The largest absolute Gasteiger partial charge is 0.480 e. The summed E-state index contributed by atoms with van der Waals surface area (Å²) in [5.41, 5.74) is 5.01. The van der Waals surface area contributed by atoms with E-state index in [-0.39, 0.29) is 6.04 Å². The Morgan fingerprint density at radius 3 is 2.37 bits per heavy atom. The first-order valence-corrected chi connectivity index (χ1v) is 6.45. The lowest BCUT2D eigenvalue weighted by Crippen LogP contribution is -2.50. The van der Waals surface area contributed by atoms with E-state index in [1.807, 2.05) is 6.92 Å². The van der Waals surface area contributed by atoms with Gasteiger partial charge in [-0.15, -0.1) is 0 Å². The number of carboxylic acids is 1. The van der Waals surface area contributed by atoms with Gasteiger partial charge in [-0.2, -0.15) is 0 Å². The first kappa shape index (κ1) is 15.3. The summed E-state index contributed by atoms with van der Waals surface area (Å²) in [5.74, 6) is -1.49. The third-order valence-electron chi connectivity index (χ3n) is 3.42. The maximum Gasteiger partial charge on any atom is 0.323 e. The van der Waals surface area contributed by atoms with Crippen LogP contribution in [0.4, 0.5) is 4.79 Å². The van der Waals surface area contributed by atoms with Crippen LogP contribution in [0.1, 0.15) is 32.6 Å². The molecule has 0 heterocycles. The molecular weight excluding hydrogens is 250 g/mol. The van der Waals surface area contributed by atoms with Gasteiger partial charge < -0.3 is 21.1 Å². The molecule has 0 saturated heterocycles. The number of primary amides is 1. The number of carboxylic acid groups (broad SMARTS) is 1. The third-order valence-corrected chi connectivity index (χ3v) is 3.42. The molecule has 4 N–H and O–H groups in total. The van der Waals surface area contributed by atoms with Crippen molar-refractivity contribution < 1.29 is 19.5 Å². The molecule has 0 radical (unpaired) electrons. The van der Waals surface area contributed by atoms with Crippen LogP contribution in [0.15, 0.2) is 0 Å². The summed E-state index contributed by atoms with van der Waals surface area (Å²) in [5, 5.41) is 11.5. The van der Waals surface area contributed by atoms with Gasteiger partial charge in [0, 0.05) is 6.04 Å². The molecule has 0 aromatic rings. The van der Waals surface area contributed by atoms with Gasteiger partial charge in [0.15, 0.2) is 0 Å². The van der Waals surface area contributed by atoms with Crippen molar-refractivity contribution in [2.75, 3.05) is 13.1 Å². The molecule has 1 aliphatic rings. The lowest BCUT2D eigenvalue weighted by atomic mass is 10.0. The number of nitrogens with two attached hydrogens (primary N) is 1. The van der Waals surface area contributed by atoms with E-state index in [0.29, 0.717) is 5.92 Å². The molecule has 0 spiro atoms. The summed E-state index contributed by atoms with van der Waals surface area (Å²) in [6, 6.07) is -0.584. The average molecular weight is 271 g/mol. The van der Waals surface area contributed by atoms with E-state index in [1.165, 1.54) is 0 Å². The maximum atomic E-state index is 11.9. The van der Waals surface area contributed by atoms with Gasteiger partial charge in [0.05, 0.1) is 0 Å². The monoisotopic (exact) mass is 271 g/mol. The minimum atomic E-state index is -1.18. The predicted octanol–water partition coefficient (Wildman–Crippen LogP) is 0.147. The number of aliphatic carboxylic acids is 1. The second-order valence-corrected chi connectivity index (χ2v) is 5.00. The Morgan fingerprint density at radius 1 is 1.32 bits per heavy atom. The van der Waals surface area contributed by atoms with Crippen LogP contribution in [0, 0.1) is 5.92 Å². The Bertz CT molecular complexity index is 337. The molecule has 3 amide bonds. The molecule has 7 nitrogen and oxygen atoms in total. The number of amides is 3. The molecule has 1 atom stereocenters. The Morgan fingerprint density at radius 2 is 1.89 bits per heavy atom. The highest BCUT2D eigenvalue weighted by molar-refractivity contribution is 5.86. The van der Waals surface area contributed by atoms with E-state index < -0.39 is 31.0 Å². The smallest absolute Gasteiger partial charge is 0.323 e. The standard InChI is InChI=1S/C12H21N3O4/c1-8(9-4-2-3-5-9)14-12(19)15(6-10(13)16)7-11(17)18/h8-9H,2-7H2,1H3,(H2,13,16)(H,14,19)(H,17,18). The van der Waals surface area contributed by atoms with E-state index >= 15 is 0 Å². The first-order chi connectivity index (χ1) is 8.90. The lowest BCUT2D eigenvalue weighted by Gasteiger charge is -2.25. The van der Waals surface area contributed by atoms with Crippen LogP contribution in [-0.2, 0) is 9.59 Å². The van der Waals surface area contributed by atoms with E-state index in [2.05, 4.69) is 5.32 Å². The minimum Gasteiger partial charge on any atom is -0.480 e. The molecule has 108 valence electrons. The summed E-state index contributed by atoms with van der Waals surface area (Å²) in [7, 11) is 0. The molecule has 0 bridgehead atoms. The number of urea groups is 1. The summed E-state index contributed by atoms with van der Waals surface area (Å²) in [6.45, 7) is 0.971. The van der Waals surface area contributed by atoms with Crippen molar-refractivity contribution in [2.45, 2.75) is 38.6 Å². The SMILES string of the molecule is CC(NC(=O)N(CC(N)=O)CC(=O)O)C1CCCC1. The van der Waals surface area contributed by atoms with Crippen molar-refractivity contribution in [3.63, 3.8) is 0 Å². The summed E-state index contributed by atoms with van der Waals surface area (Å²) in [4.78, 5) is 34.3. The lowest BCUT2D eigenvalue weighted by molar-refractivity contribution is -0.137. The number of hydrogen-bond donors (Lipinski definition) is 3. The van der Waals surface area contributed by atoms with E-state index in [4.69, 9.17) is 10.8 Å². The maximum absolute atomic E-state index is 11.9. The topological polar surface area (TPSA) is 113 Å². The van der Waals surface area contributed by atoms with Crippen LogP contribution in [0.3, 0.4) is 0 Å². The van der Waals surface area contributed by atoms with Crippen molar-refractivity contribution in [2.24, 2.45) is 11.7 Å². The van der Waals surface area contributed by atoms with Crippen molar-refractivity contribution >= 4 is 17.9 Å². The molecule has 7 heteroatoms. The number of carbonyl (C=O) groups is 3. The molecule has 1 aliphatic carbocycles. The van der Waals surface area contributed by atoms with Crippen molar-refractivity contribution in [3.8, 4) is 0 Å². The van der Waals surface area contributed by atoms with Gasteiger partial charge in [-0.25, -0.2) is 4.79 Å². The van der Waals surface area contributed by atoms with Crippen LogP contribution >= 0.6 is 0 Å². The molecule has 1 unspecified atom stereocenters. The van der Waals surface area contributed by atoms with Gasteiger partial charge in [-0.1, -0.05) is 12.8 Å². The second kappa shape index (κ2) is 6.96. The fourth-order valence-corrected chi connectivity index (χ4v) is 2.41. The molecule has 19 heavy (non-hydrogen) atoms. The predicted molar refractivity (Wildman–Crippen MR) is 68.4 cm³/mol. The van der Waals surface area contributed by atoms with E-state index in [0.717, 1.165) is 30.6 Å². The quantitative estimate of drug-likeness (QED) is 0.638. The Kier molecular flexibility index (Phi) is 5.59. The van der Waals surface area contributed by atoms with Gasteiger partial charge in [-0.05, 0) is 25.7 Å². The zero-order valence-corrected chi connectivity index (χ0v) is 11.1. The fourth-order valence-electron chi connectivity index (χ4n) is 2.41. The highest BCUT2D eigenvalue weighted by Crippen LogP contribution is 2.27. The molecule has 1 rings (SSSR count). The molecule has 1 fully saturated rings. The number of nitrogens with one attached hydrogen (secondary N) is 1. The normalized spacial score (nSPS) is 16.9. The van der Waals surface area contributed by atoms with Crippen LogP contribution in [0.2, 0.25) is 0 Å². The third kappa shape index (κ3) is 5.15. The van der Waals surface area contributed by atoms with Crippen molar-refractivity contribution in [1.82, 2.24) is 10.2 Å². The molecular formula is C12H21N3O4. The van der Waals surface area contributed by atoms with E-state index in [9.17, 15) is 14.4 Å². The van der Waals surface area contributed by atoms with Crippen LogP contribution in [0.25, 0.3) is 0 Å². The van der Waals surface area contributed by atoms with Gasteiger partial charge >= 0.3 is 12.0 Å². The summed E-state index contributed by atoms with van der Waals surface area (Å²) in [6.07, 6.45) is 4.45. The van der Waals surface area contributed by atoms with Gasteiger partial charge in [0.25, 0.3) is 0 Å². The van der Waals surface area contributed by atoms with Gasteiger partial charge in [0.1, 0.15) is 13.1 Å². The van der Waals surface area contributed by atoms with Gasteiger partial charge in [0.2, 0.25) is 5.91 Å². The summed E-state index contributed by atoms with van der Waals surface area (Å²) >= 11 is 0. The Balaban J connectivity index is 2.54. The number of rotatable bonds is 6. The molecule has 0 aromatic carbocycles. The molecule has 0 aromatic heterocycles. The minimum absolute atomic E-state index is 0.0285. The zero-order valence-electron chi connectivity index (χ0n) is 11.1. The fraction of sp³-hybridized carbons (Fsp3) is 0.750. The molecule has 1 saturated carbocycles. The van der Waals surface area contributed by atoms with E-state index in [1.54, 1.807) is 0 Å². The van der Waals surface area contributed by atoms with Crippen LogP contribution < -0.4 is 11.1 Å². The van der Waals surface area contributed by atoms with Crippen LogP contribution in [0.5, 0.6) is 0 Å². The Hall–Kier alpha value is -1.79. The zero-order chi connectivity index (χ0) is 14.4. The van der Waals surface area contributed by atoms with Crippen LogP contribution in [-0.4, -0.2) is 47.0 Å². The average Bonchev–Trinajstić information content (AvgIpc) is 2.79. The highest BCUT2D eigenvalue weighted by Gasteiger charge is 2.25. The van der Waals surface area contributed by atoms with Crippen molar-refractivity contribution in [3.05, 3.63) is 0 Å². The number of nitrogens with zero attached hydrogens (tertiary/aromatic N) is 1. The summed E-state index contributed by atoms with van der Waals surface area (Å²) < 4.78 is 0. The van der Waals surface area contributed by atoms with Gasteiger partial charge in [-0.3, -0.25) is 9.59 Å². The number of hydrogen-bond acceptors (Lipinski definition) is 3. The number of carbonyl (C=O) groups excluding carboxylic acids is 2. The first-order valence-electron chi connectivity index (χ1n) is 6.45. The Labute approximate surface area is 112 Å². The molecule has 0 aliphatic heterocycles.